The summed E-state index contributed by atoms with van der Waals surface area (Å²) in [6.07, 6.45) is 5.79. The van der Waals surface area contributed by atoms with Crippen LogP contribution in [0.2, 0.25) is 0 Å². The van der Waals surface area contributed by atoms with Crippen LogP contribution in [0.15, 0.2) is 24.3 Å². The van der Waals surface area contributed by atoms with Crippen LogP contribution in [-0.2, 0) is 10.2 Å². The Hall–Kier alpha value is -1.42. The predicted molar refractivity (Wildman–Crippen MR) is 85.1 cm³/mol. The van der Waals surface area contributed by atoms with Gasteiger partial charge < -0.3 is 10.6 Å². The summed E-state index contributed by atoms with van der Waals surface area (Å²) in [4.78, 5) is 12.2. The zero-order chi connectivity index (χ0) is 15.4. The highest BCUT2D eigenvalue weighted by molar-refractivity contribution is 5.76. The minimum atomic E-state index is -0.213. The van der Waals surface area contributed by atoms with E-state index in [2.05, 4.69) is 10.6 Å². The van der Waals surface area contributed by atoms with Gasteiger partial charge in [-0.3, -0.25) is 4.79 Å². The fourth-order valence-electron chi connectivity index (χ4n) is 3.98. The molecule has 1 saturated carbocycles. The van der Waals surface area contributed by atoms with Crippen LogP contribution in [0.25, 0.3) is 0 Å². The van der Waals surface area contributed by atoms with E-state index in [1.54, 1.807) is 6.07 Å². The third-order valence-corrected chi connectivity index (χ3v) is 5.27. The zero-order valence-electron chi connectivity index (χ0n) is 13.0. The Morgan fingerprint density at radius 3 is 2.77 bits per heavy atom. The highest BCUT2D eigenvalue weighted by Crippen LogP contribution is 2.41. The van der Waals surface area contributed by atoms with Crippen molar-refractivity contribution in [2.75, 3.05) is 19.6 Å². The van der Waals surface area contributed by atoms with E-state index in [4.69, 9.17) is 0 Å². The highest BCUT2D eigenvalue weighted by atomic mass is 19.1. The number of halogens is 1. The summed E-state index contributed by atoms with van der Waals surface area (Å²) in [5.41, 5.74) is 0.560. The first kappa shape index (κ1) is 15.5. The van der Waals surface area contributed by atoms with Gasteiger partial charge in [0.15, 0.2) is 0 Å². The monoisotopic (exact) mass is 304 g/mol. The lowest BCUT2D eigenvalue weighted by Gasteiger charge is -2.30. The molecule has 1 heterocycles. The van der Waals surface area contributed by atoms with Crippen LogP contribution in [0.1, 0.15) is 44.1 Å². The molecule has 0 bridgehead atoms. The molecule has 1 atom stereocenters. The molecule has 120 valence electrons. The molecule has 1 aromatic carbocycles. The molecular weight excluding hydrogens is 279 g/mol. The molecule has 1 unspecified atom stereocenters. The van der Waals surface area contributed by atoms with Crippen LogP contribution in [0.3, 0.4) is 0 Å². The summed E-state index contributed by atoms with van der Waals surface area (Å²) >= 11 is 0. The van der Waals surface area contributed by atoms with Crippen molar-refractivity contribution < 1.29 is 9.18 Å². The molecule has 2 N–H and O–H groups in total. The van der Waals surface area contributed by atoms with Gasteiger partial charge in [-0.1, -0.05) is 31.0 Å². The minimum Gasteiger partial charge on any atom is -0.355 e. The predicted octanol–water partition coefficient (Wildman–Crippen LogP) is 2.75. The third kappa shape index (κ3) is 3.32. The fourth-order valence-corrected chi connectivity index (χ4v) is 3.98. The Balaban J connectivity index is 1.64. The second-order valence-electron chi connectivity index (χ2n) is 6.81. The molecule has 0 spiro atoms. The smallest absolute Gasteiger partial charge is 0.220 e. The number of amides is 1. The molecule has 1 saturated heterocycles. The molecule has 1 aromatic rings. The van der Waals surface area contributed by atoms with Gasteiger partial charge in [-0.05, 0) is 49.9 Å². The summed E-state index contributed by atoms with van der Waals surface area (Å²) in [7, 11) is 0. The summed E-state index contributed by atoms with van der Waals surface area (Å²) in [6.45, 7) is 2.51. The van der Waals surface area contributed by atoms with Gasteiger partial charge in [-0.2, -0.15) is 0 Å². The maximum absolute atomic E-state index is 14.2. The lowest BCUT2D eigenvalue weighted by molar-refractivity contribution is -0.122. The number of hydrogen-bond acceptors (Lipinski definition) is 2. The fraction of sp³-hybridized carbons (Fsp3) is 0.611. The first-order chi connectivity index (χ1) is 10.7. The molecule has 1 amide bonds. The summed E-state index contributed by atoms with van der Waals surface area (Å²) in [6, 6.07) is 7.03. The topological polar surface area (TPSA) is 41.1 Å². The average Bonchev–Trinajstić information content (AvgIpc) is 3.18. The van der Waals surface area contributed by atoms with E-state index >= 15 is 0 Å². The van der Waals surface area contributed by atoms with Crippen LogP contribution >= 0.6 is 0 Å². The van der Waals surface area contributed by atoms with Crippen LogP contribution in [0.5, 0.6) is 0 Å². The largest absolute Gasteiger partial charge is 0.355 e. The quantitative estimate of drug-likeness (QED) is 0.878. The van der Waals surface area contributed by atoms with Gasteiger partial charge in [0, 0.05) is 18.4 Å². The van der Waals surface area contributed by atoms with Gasteiger partial charge in [0.25, 0.3) is 0 Å². The van der Waals surface area contributed by atoms with Crippen LogP contribution in [0.4, 0.5) is 4.39 Å². The first-order valence-corrected chi connectivity index (χ1v) is 8.42. The lowest BCUT2D eigenvalue weighted by atomic mass is 9.78. The molecule has 1 aliphatic carbocycles. The van der Waals surface area contributed by atoms with Crippen LogP contribution < -0.4 is 10.6 Å². The van der Waals surface area contributed by atoms with Crippen molar-refractivity contribution >= 4 is 5.91 Å². The SMILES string of the molecule is O=C(CC1CCNC1)NCC1(c2ccccc2F)CCCC1. The third-order valence-electron chi connectivity index (χ3n) is 5.27. The Morgan fingerprint density at radius 1 is 1.32 bits per heavy atom. The average molecular weight is 304 g/mol. The molecule has 0 radical (unpaired) electrons. The van der Waals surface area contributed by atoms with Gasteiger partial charge >= 0.3 is 0 Å². The number of carbonyl (C=O) groups excluding carboxylic acids is 1. The molecule has 4 heteroatoms. The van der Waals surface area contributed by atoms with Crippen molar-refractivity contribution in [2.24, 2.45) is 5.92 Å². The number of benzene rings is 1. The summed E-state index contributed by atoms with van der Waals surface area (Å²) < 4.78 is 14.2. The second kappa shape index (κ2) is 6.78. The van der Waals surface area contributed by atoms with Gasteiger partial charge in [0.05, 0.1) is 0 Å². The Kier molecular flexibility index (Phi) is 4.77. The van der Waals surface area contributed by atoms with E-state index in [0.717, 1.165) is 50.8 Å². The van der Waals surface area contributed by atoms with Crippen molar-refractivity contribution in [1.29, 1.82) is 0 Å². The second-order valence-corrected chi connectivity index (χ2v) is 6.81. The standard InChI is InChI=1S/C18H25FN2O/c19-16-6-2-1-5-15(16)18(8-3-4-9-18)13-21-17(22)11-14-7-10-20-12-14/h1-2,5-6,14,20H,3-4,7-13H2,(H,21,22). The van der Waals surface area contributed by atoms with Crippen LogP contribution in [-0.4, -0.2) is 25.5 Å². The molecule has 1 aliphatic heterocycles. The Bertz CT molecular complexity index is 520. The van der Waals surface area contributed by atoms with Crippen LogP contribution in [0, 0.1) is 11.7 Å². The van der Waals surface area contributed by atoms with Gasteiger partial charge in [-0.25, -0.2) is 4.39 Å². The van der Waals surface area contributed by atoms with E-state index in [1.807, 2.05) is 12.1 Å². The number of nitrogens with one attached hydrogen (secondary N) is 2. The Morgan fingerprint density at radius 2 is 2.09 bits per heavy atom. The van der Waals surface area contributed by atoms with Crippen molar-refractivity contribution in [2.45, 2.75) is 43.9 Å². The van der Waals surface area contributed by atoms with E-state index < -0.39 is 0 Å². The summed E-state index contributed by atoms with van der Waals surface area (Å²) in [5, 5.41) is 6.37. The maximum atomic E-state index is 14.2. The lowest BCUT2D eigenvalue weighted by Crippen LogP contribution is -2.40. The highest BCUT2D eigenvalue weighted by Gasteiger charge is 2.37. The number of rotatable bonds is 5. The molecule has 0 aromatic heterocycles. The van der Waals surface area contributed by atoms with Crippen molar-refractivity contribution in [3.8, 4) is 0 Å². The van der Waals surface area contributed by atoms with E-state index in [1.165, 1.54) is 6.07 Å². The van der Waals surface area contributed by atoms with Crippen molar-refractivity contribution in [3.63, 3.8) is 0 Å². The number of hydrogen-bond donors (Lipinski definition) is 2. The zero-order valence-corrected chi connectivity index (χ0v) is 13.0. The van der Waals surface area contributed by atoms with Crippen molar-refractivity contribution in [1.82, 2.24) is 10.6 Å². The van der Waals surface area contributed by atoms with E-state index in [9.17, 15) is 9.18 Å². The Labute approximate surface area is 131 Å². The first-order valence-electron chi connectivity index (χ1n) is 8.42. The van der Waals surface area contributed by atoms with Crippen molar-refractivity contribution in [3.05, 3.63) is 35.6 Å². The number of carbonyl (C=O) groups is 1. The molecule has 22 heavy (non-hydrogen) atoms. The van der Waals surface area contributed by atoms with Gasteiger partial charge in [0.1, 0.15) is 5.82 Å². The molecule has 3 nitrogen and oxygen atoms in total. The van der Waals surface area contributed by atoms with Gasteiger partial charge in [0.2, 0.25) is 5.91 Å². The maximum Gasteiger partial charge on any atom is 0.220 e. The van der Waals surface area contributed by atoms with E-state index in [0.29, 0.717) is 18.9 Å². The molecule has 2 aliphatic rings. The van der Waals surface area contributed by atoms with Gasteiger partial charge in [-0.15, -0.1) is 0 Å². The normalized spacial score (nSPS) is 23.6. The minimum absolute atomic E-state index is 0.108. The van der Waals surface area contributed by atoms with E-state index in [-0.39, 0.29) is 17.1 Å². The molecular formula is C18H25FN2O. The molecule has 3 rings (SSSR count). The summed E-state index contributed by atoms with van der Waals surface area (Å²) in [5.74, 6) is 0.419. The molecule has 2 fully saturated rings.